The molecule has 0 bridgehead atoms. The molecule has 1 saturated heterocycles. The molecule has 6 heteroatoms. The molecule has 2 unspecified atom stereocenters. The summed E-state index contributed by atoms with van der Waals surface area (Å²) >= 11 is 6.05. The smallest absolute Gasteiger partial charge is 0.150 e. The molecule has 0 aliphatic carbocycles. The van der Waals surface area contributed by atoms with Gasteiger partial charge in [0.15, 0.2) is 9.84 Å². The first kappa shape index (κ1) is 12.8. The van der Waals surface area contributed by atoms with E-state index in [1.165, 1.54) is 0 Å². The van der Waals surface area contributed by atoms with Crippen LogP contribution < -0.4 is 0 Å². The zero-order chi connectivity index (χ0) is 12.6. The van der Waals surface area contributed by atoms with Crippen LogP contribution in [0.2, 0.25) is 0 Å². The summed E-state index contributed by atoms with van der Waals surface area (Å²) in [7, 11) is -3.07. The van der Waals surface area contributed by atoms with Crippen molar-refractivity contribution in [3.05, 3.63) is 35.4 Å². The summed E-state index contributed by atoms with van der Waals surface area (Å²) in [6.07, 6.45) is 0.395. The Bertz CT molecular complexity index is 530. The SMILES string of the molecule is O=S1(=O)CCC(C(Cl)c2cc(F)ccc2F)C1. The summed E-state index contributed by atoms with van der Waals surface area (Å²) < 4.78 is 49.1. The maximum Gasteiger partial charge on any atom is 0.150 e. The molecule has 1 aliphatic rings. The first-order valence-corrected chi connectivity index (χ1v) is 7.44. The average molecular weight is 281 g/mol. The van der Waals surface area contributed by atoms with Crippen LogP contribution in [-0.2, 0) is 9.84 Å². The maximum atomic E-state index is 13.5. The molecule has 0 saturated carbocycles. The number of alkyl halides is 1. The van der Waals surface area contributed by atoms with Crippen molar-refractivity contribution in [3.8, 4) is 0 Å². The lowest BCUT2D eigenvalue weighted by molar-refractivity contribution is 0.527. The molecule has 0 radical (unpaired) electrons. The van der Waals surface area contributed by atoms with Crippen molar-refractivity contribution in [3.63, 3.8) is 0 Å². The van der Waals surface area contributed by atoms with Crippen LogP contribution >= 0.6 is 11.6 Å². The molecule has 2 nitrogen and oxygen atoms in total. The quantitative estimate of drug-likeness (QED) is 0.781. The van der Waals surface area contributed by atoms with Gasteiger partial charge in [0.05, 0.1) is 16.9 Å². The fraction of sp³-hybridized carbons (Fsp3) is 0.455. The Morgan fingerprint density at radius 3 is 2.65 bits per heavy atom. The highest BCUT2D eigenvalue weighted by Gasteiger charge is 2.34. The summed E-state index contributed by atoms with van der Waals surface area (Å²) in [6, 6.07) is 3.04. The van der Waals surface area contributed by atoms with Crippen molar-refractivity contribution in [1.29, 1.82) is 0 Å². The molecule has 1 aromatic rings. The molecule has 2 rings (SSSR count). The predicted molar refractivity (Wildman–Crippen MR) is 61.7 cm³/mol. The number of rotatable bonds is 2. The van der Waals surface area contributed by atoms with Crippen molar-refractivity contribution in [2.24, 2.45) is 5.92 Å². The standard InChI is InChI=1S/C11H11ClF2O2S/c12-11(7-3-4-17(15,16)6-7)9-5-8(13)1-2-10(9)14/h1-2,5,7,11H,3-4,6H2. The molecule has 1 aliphatic heterocycles. The molecular formula is C11H11ClF2O2S. The first-order valence-electron chi connectivity index (χ1n) is 5.18. The van der Waals surface area contributed by atoms with Crippen LogP contribution in [0.1, 0.15) is 17.4 Å². The van der Waals surface area contributed by atoms with Gasteiger partial charge in [-0.15, -0.1) is 11.6 Å². The Hall–Kier alpha value is -0.680. The molecular weight excluding hydrogens is 270 g/mol. The maximum absolute atomic E-state index is 13.5. The summed E-state index contributed by atoms with van der Waals surface area (Å²) in [5.74, 6) is -1.52. The Morgan fingerprint density at radius 1 is 1.35 bits per heavy atom. The summed E-state index contributed by atoms with van der Waals surface area (Å²) in [6.45, 7) is 0. The molecule has 0 N–H and O–H groups in total. The predicted octanol–water partition coefficient (Wildman–Crippen LogP) is 2.68. The zero-order valence-corrected chi connectivity index (χ0v) is 10.4. The van der Waals surface area contributed by atoms with Crippen LogP contribution in [-0.4, -0.2) is 19.9 Å². The second-order valence-corrected chi connectivity index (χ2v) is 6.93. The van der Waals surface area contributed by atoms with Gasteiger partial charge in [-0.1, -0.05) is 0 Å². The van der Waals surface area contributed by atoms with E-state index in [-0.39, 0.29) is 23.0 Å². The lowest BCUT2D eigenvalue weighted by Gasteiger charge is -2.16. The molecule has 17 heavy (non-hydrogen) atoms. The van der Waals surface area contributed by atoms with E-state index in [2.05, 4.69) is 0 Å². The van der Waals surface area contributed by atoms with Gasteiger partial charge in [0.25, 0.3) is 0 Å². The van der Waals surface area contributed by atoms with Gasteiger partial charge in [0, 0.05) is 5.56 Å². The minimum atomic E-state index is -3.07. The van der Waals surface area contributed by atoms with Crippen LogP contribution in [0.15, 0.2) is 18.2 Å². The van der Waals surface area contributed by atoms with Crippen molar-refractivity contribution < 1.29 is 17.2 Å². The van der Waals surface area contributed by atoms with Gasteiger partial charge in [-0.2, -0.15) is 0 Å². The van der Waals surface area contributed by atoms with E-state index >= 15 is 0 Å². The highest BCUT2D eigenvalue weighted by Crippen LogP contribution is 2.37. The van der Waals surface area contributed by atoms with Crippen LogP contribution in [0.5, 0.6) is 0 Å². The fourth-order valence-electron chi connectivity index (χ4n) is 2.03. The van der Waals surface area contributed by atoms with Crippen LogP contribution in [0.25, 0.3) is 0 Å². The molecule has 0 spiro atoms. The van der Waals surface area contributed by atoms with Gasteiger partial charge in [0.2, 0.25) is 0 Å². The summed E-state index contributed by atoms with van der Waals surface area (Å²) in [5, 5.41) is -0.803. The van der Waals surface area contributed by atoms with E-state index in [9.17, 15) is 17.2 Å². The molecule has 1 heterocycles. The van der Waals surface area contributed by atoms with Gasteiger partial charge in [-0.3, -0.25) is 0 Å². The van der Waals surface area contributed by atoms with E-state index in [4.69, 9.17) is 11.6 Å². The monoisotopic (exact) mass is 280 g/mol. The Kier molecular flexibility index (Phi) is 3.41. The minimum absolute atomic E-state index is 0.0359. The highest BCUT2D eigenvalue weighted by atomic mass is 35.5. The van der Waals surface area contributed by atoms with E-state index < -0.39 is 26.8 Å². The van der Waals surface area contributed by atoms with Crippen LogP contribution in [0.3, 0.4) is 0 Å². The van der Waals surface area contributed by atoms with Gasteiger partial charge in [-0.25, -0.2) is 17.2 Å². The normalized spacial score (nSPS) is 24.8. The van der Waals surface area contributed by atoms with E-state index in [0.29, 0.717) is 6.42 Å². The average Bonchev–Trinajstić information content (AvgIpc) is 2.61. The number of hydrogen-bond acceptors (Lipinski definition) is 2. The third kappa shape index (κ3) is 2.77. The zero-order valence-electron chi connectivity index (χ0n) is 8.87. The van der Waals surface area contributed by atoms with Gasteiger partial charge < -0.3 is 0 Å². The van der Waals surface area contributed by atoms with Crippen molar-refractivity contribution >= 4 is 21.4 Å². The third-order valence-corrected chi connectivity index (χ3v) is 5.32. The van der Waals surface area contributed by atoms with Gasteiger partial charge in [0.1, 0.15) is 11.6 Å². The Morgan fingerprint density at radius 2 is 2.06 bits per heavy atom. The van der Waals surface area contributed by atoms with Crippen LogP contribution in [0.4, 0.5) is 8.78 Å². The largest absolute Gasteiger partial charge is 0.229 e. The van der Waals surface area contributed by atoms with E-state index in [1.54, 1.807) is 0 Å². The molecule has 0 aromatic heterocycles. The Labute approximate surface area is 104 Å². The number of hydrogen-bond donors (Lipinski definition) is 0. The Balaban J connectivity index is 2.26. The lowest BCUT2D eigenvalue weighted by atomic mass is 9.98. The van der Waals surface area contributed by atoms with Crippen molar-refractivity contribution in [2.45, 2.75) is 11.8 Å². The number of sulfone groups is 1. The lowest BCUT2D eigenvalue weighted by Crippen LogP contribution is -2.11. The highest BCUT2D eigenvalue weighted by molar-refractivity contribution is 7.91. The fourth-order valence-corrected chi connectivity index (χ4v) is 4.36. The van der Waals surface area contributed by atoms with Gasteiger partial charge >= 0.3 is 0 Å². The topological polar surface area (TPSA) is 34.1 Å². The molecule has 1 aromatic carbocycles. The van der Waals surface area contributed by atoms with E-state index in [0.717, 1.165) is 18.2 Å². The van der Waals surface area contributed by atoms with Gasteiger partial charge in [-0.05, 0) is 30.5 Å². The second-order valence-electron chi connectivity index (χ2n) is 4.23. The van der Waals surface area contributed by atoms with Crippen molar-refractivity contribution in [1.82, 2.24) is 0 Å². The summed E-state index contributed by atoms with van der Waals surface area (Å²) in [5.41, 5.74) is 0.0359. The van der Waals surface area contributed by atoms with Crippen LogP contribution in [0, 0.1) is 17.6 Å². The molecule has 2 atom stereocenters. The van der Waals surface area contributed by atoms with Crippen molar-refractivity contribution in [2.75, 3.05) is 11.5 Å². The van der Waals surface area contributed by atoms with E-state index in [1.807, 2.05) is 0 Å². The third-order valence-electron chi connectivity index (χ3n) is 2.94. The first-order chi connectivity index (χ1) is 7.89. The molecule has 94 valence electrons. The number of benzene rings is 1. The number of halogens is 3. The summed E-state index contributed by atoms with van der Waals surface area (Å²) in [4.78, 5) is 0. The minimum Gasteiger partial charge on any atom is -0.229 e. The molecule has 0 amide bonds. The second kappa shape index (κ2) is 4.53. The molecule has 1 fully saturated rings.